The average Bonchev–Trinajstić information content (AvgIpc) is 2.63. The molecule has 0 saturated heterocycles. The summed E-state index contributed by atoms with van der Waals surface area (Å²) in [5.74, 6) is 0.114. The molecule has 0 aliphatic rings. The number of hydrogen-bond donors (Lipinski definition) is 2. The number of rotatable bonds is 3. The normalized spacial score (nSPS) is 9.80. The van der Waals surface area contributed by atoms with Crippen LogP contribution in [0.25, 0.3) is 0 Å². The number of pyridine rings is 1. The van der Waals surface area contributed by atoms with E-state index in [9.17, 15) is 10.2 Å². The largest absolute Gasteiger partial charge is 0.506 e. The molecule has 3 aromatic rings. The number of aromatic nitrogens is 1. The summed E-state index contributed by atoms with van der Waals surface area (Å²) >= 11 is 0. The second-order valence-electron chi connectivity index (χ2n) is 4.89. The van der Waals surface area contributed by atoms with Gasteiger partial charge in [-0.3, -0.25) is 4.98 Å². The summed E-state index contributed by atoms with van der Waals surface area (Å²) in [5, 5.41) is 26.6. The van der Waals surface area contributed by atoms with Crippen molar-refractivity contribution in [2.24, 2.45) is 10.2 Å². The minimum absolute atomic E-state index is 0. The van der Waals surface area contributed by atoms with Crippen molar-refractivity contribution in [3.05, 3.63) is 78.6 Å². The van der Waals surface area contributed by atoms with Gasteiger partial charge in [-0.15, -0.1) is 10.2 Å². The fourth-order valence-electron chi connectivity index (χ4n) is 1.82. The van der Waals surface area contributed by atoms with E-state index in [-0.39, 0.29) is 32.6 Å². The maximum atomic E-state index is 9.44. The molecule has 5 nitrogen and oxygen atoms in total. The van der Waals surface area contributed by atoms with Gasteiger partial charge in [0.2, 0.25) is 0 Å². The first-order chi connectivity index (χ1) is 11.7. The first-order valence-corrected chi connectivity index (χ1v) is 7.57. The van der Waals surface area contributed by atoms with Crippen molar-refractivity contribution >= 4 is 11.4 Å². The maximum absolute atomic E-state index is 9.44. The number of phenols is 2. The fraction of sp³-hybridized carbons (Fsp3) is 0.105. The van der Waals surface area contributed by atoms with E-state index in [4.69, 9.17) is 0 Å². The first kappa shape index (κ1) is 20.5. The van der Waals surface area contributed by atoms with Gasteiger partial charge in [0.25, 0.3) is 0 Å². The zero-order valence-corrected chi connectivity index (χ0v) is 16.0. The number of azo groups is 1. The first-order valence-electron chi connectivity index (χ1n) is 7.57. The summed E-state index contributed by atoms with van der Waals surface area (Å²) in [6.45, 7) is 2.13. The second-order valence-corrected chi connectivity index (χ2v) is 4.89. The van der Waals surface area contributed by atoms with Crippen LogP contribution in [-0.2, 0) is 27.5 Å². The van der Waals surface area contributed by atoms with E-state index in [1.54, 1.807) is 36.4 Å². The smallest absolute Gasteiger partial charge is 0.143 e. The van der Waals surface area contributed by atoms with Crippen molar-refractivity contribution in [3.8, 4) is 11.5 Å². The molecule has 0 bridgehead atoms. The molecule has 0 radical (unpaired) electrons. The third-order valence-electron chi connectivity index (χ3n) is 3.19. The Kier molecular flexibility index (Phi) is 9.12. The van der Waals surface area contributed by atoms with Gasteiger partial charge < -0.3 is 10.2 Å². The molecule has 2 N–H and O–H groups in total. The van der Waals surface area contributed by atoms with Crippen LogP contribution < -0.4 is 0 Å². The zero-order valence-electron chi connectivity index (χ0n) is 13.7. The third-order valence-corrected chi connectivity index (χ3v) is 3.19. The van der Waals surface area contributed by atoms with Crippen molar-refractivity contribution in [2.45, 2.75) is 13.3 Å². The Morgan fingerprint density at radius 3 is 1.56 bits per heavy atom. The molecular weight excluding hydrogens is 497 g/mol. The van der Waals surface area contributed by atoms with E-state index < -0.39 is 0 Å². The molecule has 3 rings (SSSR count). The summed E-state index contributed by atoms with van der Waals surface area (Å²) in [5.41, 5.74) is 2.08. The van der Waals surface area contributed by atoms with E-state index in [1.165, 1.54) is 17.7 Å². The molecular formula is C19H19N3O2Pt. The minimum Gasteiger partial charge on any atom is -0.506 e. The molecule has 0 spiro atoms. The molecule has 6 heteroatoms. The summed E-state index contributed by atoms with van der Waals surface area (Å²) in [6.07, 6.45) is 4.74. The molecule has 0 aliphatic heterocycles. The molecule has 25 heavy (non-hydrogen) atoms. The second kappa shape index (κ2) is 11.1. The van der Waals surface area contributed by atoms with Crippen LogP contribution in [0.2, 0.25) is 0 Å². The molecule has 0 fully saturated rings. The standard InChI is InChI=1S/C12H10N2O2.C7H9N.Pt/c15-11-7-3-1-5-9(11)13-14-10-6-2-4-8-12(10)16;1-2-7-3-5-8-6-4-7;/h1-8,15-16H;3-6H,2H2,1H3;. The number of aryl methyl sites for hydroxylation is 1. The molecule has 1 heterocycles. The van der Waals surface area contributed by atoms with Crippen LogP contribution in [0.5, 0.6) is 11.5 Å². The fourth-order valence-corrected chi connectivity index (χ4v) is 1.82. The molecule has 1 aromatic heterocycles. The van der Waals surface area contributed by atoms with Crippen LogP contribution in [0.1, 0.15) is 12.5 Å². The van der Waals surface area contributed by atoms with Crippen LogP contribution >= 0.6 is 0 Å². The van der Waals surface area contributed by atoms with Gasteiger partial charge in [0.05, 0.1) is 0 Å². The number of benzene rings is 2. The van der Waals surface area contributed by atoms with Crippen molar-refractivity contribution in [1.82, 2.24) is 4.98 Å². The number of phenolic OH excluding ortho intramolecular Hbond substituents is 2. The van der Waals surface area contributed by atoms with Crippen LogP contribution in [0.4, 0.5) is 11.4 Å². The van der Waals surface area contributed by atoms with Gasteiger partial charge in [0, 0.05) is 33.5 Å². The summed E-state index contributed by atoms with van der Waals surface area (Å²) in [7, 11) is 0. The van der Waals surface area contributed by atoms with E-state index in [0.29, 0.717) is 11.4 Å². The van der Waals surface area contributed by atoms with E-state index >= 15 is 0 Å². The van der Waals surface area contributed by atoms with Crippen LogP contribution in [0.15, 0.2) is 83.3 Å². The maximum Gasteiger partial charge on any atom is 0.143 e. The van der Waals surface area contributed by atoms with E-state index in [1.807, 2.05) is 24.5 Å². The topological polar surface area (TPSA) is 78.1 Å². The summed E-state index contributed by atoms with van der Waals surface area (Å²) < 4.78 is 0. The van der Waals surface area contributed by atoms with Gasteiger partial charge in [0.15, 0.2) is 0 Å². The average molecular weight is 516 g/mol. The van der Waals surface area contributed by atoms with Crippen molar-refractivity contribution in [3.63, 3.8) is 0 Å². The van der Waals surface area contributed by atoms with E-state index in [2.05, 4.69) is 22.1 Å². The number of hydrogen-bond acceptors (Lipinski definition) is 5. The van der Waals surface area contributed by atoms with Crippen LogP contribution in [-0.4, -0.2) is 15.2 Å². The minimum atomic E-state index is 0. The quantitative estimate of drug-likeness (QED) is 0.473. The number of nitrogens with zero attached hydrogens (tertiary/aromatic N) is 3. The number of aromatic hydroxyl groups is 2. The molecule has 132 valence electrons. The van der Waals surface area contributed by atoms with Crippen molar-refractivity contribution in [2.75, 3.05) is 0 Å². The molecule has 2 aromatic carbocycles. The van der Waals surface area contributed by atoms with Gasteiger partial charge in [-0.2, -0.15) is 0 Å². The zero-order chi connectivity index (χ0) is 17.2. The third kappa shape index (κ3) is 6.86. The molecule has 0 amide bonds. The molecule has 0 aliphatic carbocycles. The Morgan fingerprint density at radius 2 is 1.20 bits per heavy atom. The van der Waals surface area contributed by atoms with Gasteiger partial charge in [-0.05, 0) is 48.4 Å². The Labute approximate surface area is 161 Å². The van der Waals surface area contributed by atoms with Crippen molar-refractivity contribution in [1.29, 1.82) is 0 Å². The number of para-hydroxylation sites is 2. The van der Waals surface area contributed by atoms with Gasteiger partial charge in [0.1, 0.15) is 22.9 Å². The molecule has 0 atom stereocenters. The SMILES string of the molecule is CCc1ccncc1.Oc1ccccc1N=Nc1ccccc1O.[Pt]. The Balaban J connectivity index is 0.000000295. The monoisotopic (exact) mass is 516 g/mol. The predicted molar refractivity (Wildman–Crippen MR) is 94.0 cm³/mol. The Morgan fingerprint density at radius 1 is 0.760 bits per heavy atom. The van der Waals surface area contributed by atoms with Crippen molar-refractivity contribution < 1.29 is 31.3 Å². The summed E-state index contributed by atoms with van der Waals surface area (Å²) in [6, 6.07) is 17.3. The van der Waals surface area contributed by atoms with Gasteiger partial charge in [-0.1, -0.05) is 31.2 Å². The predicted octanol–water partition coefficient (Wildman–Crippen LogP) is 5.15. The molecule has 0 unspecified atom stereocenters. The molecule has 0 saturated carbocycles. The van der Waals surface area contributed by atoms with Crippen LogP contribution in [0.3, 0.4) is 0 Å². The summed E-state index contributed by atoms with van der Waals surface area (Å²) in [4.78, 5) is 3.89. The Hall–Kier alpha value is -2.52. The van der Waals surface area contributed by atoms with Crippen LogP contribution in [0, 0.1) is 0 Å². The Bertz CT molecular complexity index is 748. The van der Waals surface area contributed by atoms with Gasteiger partial charge >= 0.3 is 0 Å². The van der Waals surface area contributed by atoms with E-state index in [0.717, 1.165) is 6.42 Å². The van der Waals surface area contributed by atoms with Gasteiger partial charge in [-0.25, -0.2) is 0 Å².